The van der Waals surface area contributed by atoms with Gasteiger partial charge in [-0.2, -0.15) is 0 Å². The number of nitrogens with one attached hydrogen (secondary N) is 1. The van der Waals surface area contributed by atoms with Gasteiger partial charge in [-0.05, 0) is 37.4 Å². The minimum atomic E-state index is -0.977. The SMILES string of the molecule is C=CCN1C(=O)C(CC)(CCC(C)C)C(=O)NC1=S.[Na+]. The van der Waals surface area contributed by atoms with Crippen LogP contribution in [0.15, 0.2) is 12.7 Å². The van der Waals surface area contributed by atoms with Crippen molar-refractivity contribution in [2.75, 3.05) is 6.54 Å². The Labute approximate surface area is 148 Å². The van der Waals surface area contributed by atoms with Gasteiger partial charge in [-0.3, -0.25) is 14.5 Å². The van der Waals surface area contributed by atoms with E-state index in [1.54, 1.807) is 6.08 Å². The van der Waals surface area contributed by atoms with E-state index in [0.29, 0.717) is 25.3 Å². The molecule has 1 unspecified atom stereocenters. The molecule has 1 aliphatic heterocycles. The van der Waals surface area contributed by atoms with Crippen molar-refractivity contribution in [3.05, 3.63) is 12.7 Å². The van der Waals surface area contributed by atoms with Crippen molar-refractivity contribution in [1.29, 1.82) is 0 Å². The second-order valence-electron chi connectivity index (χ2n) is 5.33. The molecule has 1 heterocycles. The molecule has 20 heavy (non-hydrogen) atoms. The minimum Gasteiger partial charge on any atom is -0.302 e. The number of nitrogens with zero attached hydrogens (tertiary/aromatic N) is 1. The van der Waals surface area contributed by atoms with E-state index in [0.717, 1.165) is 6.42 Å². The first kappa shape index (κ1) is 19.8. The molecule has 6 heteroatoms. The van der Waals surface area contributed by atoms with Gasteiger partial charge in [0.1, 0.15) is 5.41 Å². The summed E-state index contributed by atoms with van der Waals surface area (Å²) in [7, 11) is 0. The Morgan fingerprint density at radius 1 is 1.45 bits per heavy atom. The third-order valence-corrected chi connectivity index (χ3v) is 3.94. The molecular formula is C14H22N2NaO2S+. The van der Waals surface area contributed by atoms with Crippen LogP contribution >= 0.6 is 12.2 Å². The number of carbonyl (C=O) groups is 2. The van der Waals surface area contributed by atoms with Crippen LogP contribution in [0.3, 0.4) is 0 Å². The molecule has 0 spiro atoms. The zero-order valence-electron chi connectivity index (χ0n) is 12.9. The van der Waals surface area contributed by atoms with E-state index in [1.807, 2.05) is 6.92 Å². The van der Waals surface area contributed by atoms with E-state index in [9.17, 15) is 9.59 Å². The Balaban J connectivity index is 0.00000361. The van der Waals surface area contributed by atoms with E-state index in [1.165, 1.54) is 4.90 Å². The van der Waals surface area contributed by atoms with Gasteiger partial charge >= 0.3 is 29.6 Å². The van der Waals surface area contributed by atoms with Crippen LogP contribution in [0, 0.1) is 11.3 Å². The molecule has 2 amide bonds. The van der Waals surface area contributed by atoms with Crippen LogP contribution in [-0.2, 0) is 9.59 Å². The Kier molecular flexibility index (Phi) is 8.18. The number of hydrogen-bond acceptors (Lipinski definition) is 3. The average Bonchev–Trinajstić information content (AvgIpc) is 2.35. The third-order valence-electron chi connectivity index (χ3n) is 3.62. The summed E-state index contributed by atoms with van der Waals surface area (Å²) in [6.45, 7) is 10.0. The summed E-state index contributed by atoms with van der Waals surface area (Å²) < 4.78 is 0. The van der Waals surface area contributed by atoms with Crippen LogP contribution in [0.2, 0.25) is 0 Å². The first-order valence-electron chi connectivity index (χ1n) is 6.67. The fraction of sp³-hybridized carbons (Fsp3) is 0.643. The molecule has 4 nitrogen and oxygen atoms in total. The molecule has 1 saturated heterocycles. The predicted octanol–water partition coefficient (Wildman–Crippen LogP) is -0.748. The normalized spacial score (nSPS) is 22.6. The fourth-order valence-corrected chi connectivity index (χ4v) is 2.52. The summed E-state index contributed by atoms with van der Waals surface area (Å²) in [6.07, 6.45) is 3.50. The molecule has 1 fully saturated rings. The summed E-state index contributed by atoms with van der Waals surface area (Å²) in [5.41, 5.74) is -0.977. The van der Waals surface area contributed by atoms with Gasteiger partial charge in [-0.25, -0.2) is 0 Å². The number of carbonyl (C=O) groups excluding carboxylic acids is 2. The molecule has 1 aliphatic rings. The van der Waals surface area contributed by atoms with E-state index in [-0.39, 0.29) is 46.5 Å². The summed E-state index contributed by atoms with van der Waals surface area (Å²) in [6, 6.07) is 0. The number of rotatable bonds is 6. The van der Waals surface area contributed by atoms with Crippen molar-refractivity contribution >= 4 is 29.1 Å². The smallest absolute Gasteiger partial charge is 0.302 e. The Morgan fingerprint density at radius 2 is 2.05 bits per heavy atom. The summed E-state index contributed by atoms with van der Waals surface area (Å²) in [5.74, 6) is 0.000944. The largest absolute Gasteiger partial charge is 1.00 e. The molecule has 0 saturated carbocycles. The summed E-state index contributed by atoms with van der Waals surface area (Å²) in [5, 5.41) is 2.84. The van der Waals surface area contributed by atoms with Crippen molar-refractivity contribution in [1.82, 2.24) is 10.2 Å². The van der Waals surface area contributed by atoms with Crippen molar-refractivity contribution in [2.45, 2.75) is 40.0 Å². The zero-order valence-corrected chi connectivity index (χ0v) is 15.7. The van der Waals surface area contributed by atoms with Gasteiger partial charge < -0.3 is 5.32 Å². The predicted molar refractivity (Wildman–Crippen MR) is 79.4 cm³/mol. The first-order valence-corrected chi connectivity index (χ1v) is 7.08. The second-order valence-corrected chi connectivity index (χ2v) is 5.72. The quantitative estimate of drug-likeness (QED) is 0.304. The monoisotopic (exact) mass is 305 g/mol. The van der Waals surface area contributed by atoms with Gasteiger partial charge in [-0.15, -0.1) is 6.58 Å². The van der Waals surface area contributed by atoms with Crippen molar-refractivity contribution in [2.24, 2.45) is 11.3 Å². The third kappa shape index (κ3) is 3.91. The molecule has 0 aliphatic carbocycles. The standard InChI is InChI=1S/C14H22N2O2S.Na/c1-5-9-16-12(18)14(6-2,8-7-10(3)4)11(17)15-13(16)19;/h5,10H,1,6-9H2,2-4H3,(H,15,17,19);/q;+1. The van der Waals surface area contributed by atoms with Crippen molar-refractivity contribution in [3.63, 3.8) is 0 Å². The number of hydrogen-bond donors (Lipinski definition) is 1. The van der Waals surface area contributed by atoms with Gasteiger partial charge in [0.25, 0.3) is 0 Å². The van der Waals surface area contributed by atoms with Crippen LogP contribution < -0.4 is 34.9 Å². The maximum absolute atomic E-state index is 12.6. The van der Waals surface area contributed by atoms with Crippen LogP contribution in [0.25, 0.3) is 0 Å². The van der Waals surface area contributed by atoms with E-state index < -0.39 is 5.41 Å². The van der Waals surface area contributed by atoms with Gasteiger partial charge in [0.15, 0.2) is 5.11 Å². The molecule has 106 valence electrons. The maximum atomic E-state index is 12.6. The molecular weight excluding hydrogens is 283 g/mol. The Hall–Kier alpha value is -0.230. The minimum absolute atomic E-state index is 0. The van der Waals surface area contributed by atoms with Crippen LogP contribution in [0.1, 0.15) is 40.0 Å². The van der Waals surface area contributed by atoms with Crippen molar-refractivity contribution < 1.29 is 39.1 Å². The topological polar surface area (TPSA) is 49.4 Å². The first-order chi connectivity index (χ1) is 8.89. The maximum Gasteiger partial charge on any atom is 1.00 e. The van der Waals surface area contributed by atoms with Gasteiger partial charge in [-0.1, -0.05) is 26.8 Å². The van der Waals surface area contributed by atoms with Crippen LogP contribution in [-0.4, -0.2) is 28.4 Å². The number of amides is 2. The average molecular weight is 305 g/mol. The van der Waals surface area contributed by atoms with Crippen molar-refractivity contribution in [3.8, 4) is 0 Å². The molecule has 0 aromatic rings. The van der Waals surface area contributed by atoms with Gasteiger partial charge in [0.05, 0.1) is 0 Å². The van der Waals surface area contributed by atoms with E-state index in [4.69, 9.17) is 12.2 Å². The number of thiocarbonyl (C=S) groups is 1. The second kappa shape index (κ2) is 8.27. The Morgan fingerprint density at radius 3 is 2.50 bits per heavy atom. The van der Waals surface area contributed by atoms with Crippen LogP contribution in [0.5, 0.6) is 0 Å². The molecule has 0 bridgehead atoms. The van der Waals surface area contributed by atoms with Gasteiger partial charge in [0, 0.05) is 6.54 Å². The molecule has 1 N–H and O–H groups in total. The zero-order chi connectivity index (χ0) is 14.6. The molecule has 1 atom stereocenters. The fourth-order valence-electron chi connectivity index (χ4n) is 2.27. The van der Waals surface area contributed by atoms with E-state index in [2.05, 4.69) is 25.7 Å². The molecule has 0 radical (unpaired) electrons. The molecule has 1 rings (SSSR count). The molecule has 0 aromatic carbocycles. The van der Waals surface area contributed by atoms with Crippen LogP contribution in [0.4, 0.5) is 0 Å². The summed E-state index contributed by atoms with van der Waals surface area (Å²) in [4.78, 5) is 26.3. The Bertz CT molecular complexity index is 412. The summed E-state index contributed by atoms with van der Waals surface area (Å²) >= 11 is 5.06. The van der Waals surface area contributed by atoms with Gasteiger partial charge in [0.2, 0.25) is 11.8 Å². The molecule has 0 aromatic heterocycles. The van der Waals surface area contributed by atoms with E-state index >= 15 is 0 Å².